The van der Waals surface area contributed by atoms with Crippen molar-refractivity contribution in [3.63, 3.8) is 0 Å². The zero-order chi connectivity index (χ0) is 20.6. The van der Waals surface area contributed by atoms with Crippen molar-refractivity contribution < 1.29 is 24.3 Å². The number of aromatic nitrogens is 2. The fraction of sp³-hybridized carbons (Fsp3) is 0.562. The van der Waals surface area contributed by atoms with Crippen molar-refractivity contribution in [2.24, 2.45) is 17.4 Å². The average molecular weight is 382 g/mol. The molecule has 0 unspecified atom stereocenters. The molecule has 11 nitrogen and oxygen atoms in total. The molecule has 4 atom stereocenters. The smallest absolute Gasteiger partial charge is 0.326 e. The molecule has 0 aliphatic heterocycles. The van der Waals surface area contributed by atoms with Gasteiger partial charge in [-0.1, -0.05) is 20.3 Å². The first-order chi connectivity index (χ1) is 12.6. The lowest BCUT2D eigenvalue weighted by molar-refractivity contribution is -0.143. The molecule has 8 N–H and O–H groups in total. The van der Waals surface area contributed by atoms with Crippen LogP contribution >= 0.6 is 0 Å². The molecule has 11 heteroatoms. The molecule has 150 valence electrons. The van der Waals surface area contributed by atoms with Crippen molar-refractivity contribution >= 4 is 23.7 Å². The number of carboxylic acid groups (broad SMARTS) is 1. The van der Waals surface area contributed by atoms with E-state index >= 15 is 0 Å². The first-order valence-electron chi connectivity index (χ1n) is 8.50. The first kappa shape index (κ1) is 22.1. The molecule has 0 aliphatic carbocycles. The maximum Gasteiger partial charge on any atom is 0.326 e. The molecule has 0 aliphatic rings. The van der Waals surface area contributed by atoms with E-state index in [2.05, 4.69) is 20.6 Å². The molecule has 27 heavy (non-hydrogen) atoms. The zero-order valence-electron chi connectivity index (χ0n) is 15.3. The Bertz CT molecular complexity index is 662. The third-order valence-electron chi connectivity index (χ3n) is 4.15. The van der Waals surface area contributed by atoms with Gasteiger partial charge in [-0.05, 0) is 5.92 Å². The summed E-state index contributed by atoms with van der Waals surface area (Å²) in [6, 6.07) is -3.44. The van der Waals surface area contributed by atoms with E-state index in [4.69, 9.17) is 11.5 Å². The van der Waals surface area contributed by atoms with Gasteiger partial charge >= 0.3 is 5.97 Å². The number of primary amides is 1. The topological polar surface area (TPSA) is 193 Å². The normalized spacial score (nSPS) is 15.2. The summed E-state index contributed by atoms with van der Waals surface area (Å²) < 4.78 is 0. The number of aromatic amines is 1. The standard InChI is InChI=1S/C16H26N6O5/c1-3-8(2)13(16(26)27)22-15(25)11(4-9-6-19-7-20-9)21-14(24)10(17)5-12(18)23/h6-8,10-11,13H,3-5,17H2,1-2H3,(H2,18,23)(H,19,20)(H,21,24)(H,22,25)(H,26,27)/t8-,10-,11-,13-/m0/s1. The van der Waals surface area contributed by atoms with Crippen LogP contribution in [0, 0.1) is 5.92 Å². The first-order valence-corrected chi connectivity index (χ1v) is 8.50. The van der Waals surface area contributed by atoms with E-state index in [1.165, 1.54) is 12.5 Å². The Hall–Kier alpha value is -2.95. The summed E-state index contributed by atoms with van der Waals surface area (Å²) in [5.41, 5.74) is 11.2. The number of nitrogens with zero attached hydrogens (tertiary/aromatic N) is 1. The van der Waals surface area contributed by atoms with Crippen molar-refractivity contribution in [3.8, 4) is 0 Å². The molecular weight excluding hydrogens is 356 g/mol. The van der Waals surface area contributed by atoms with Gasteiger partial charge in [0.15, 0.2) is 0 Å². The van der Waals surface area contributed by atoms with E-state index in [9.17, 15) is 24.3 Å². The molecule has 1 aromatic rings. The Morgan fingerprint density at radius 2 is 1.93 bits per heavy atom. The van der Waals surface area contributed by atoms with Crippen molar-refractivity contribution in [2.45, 2.75) is 51.2 Å². The molecule has 0 fully saturated rings. The number of imidazole rings is 1. The monoisotopic (exact) mass is 382 g/mol. The second-order valence-electron chi connectivity index (χ2n) is 6.33. The van der Waals surface area contributed by atoms with Crippen molar-refractivity contribution in [2.75, 3.05) is 0 Å². The minimum atomic E-state index is -1.22. The molecule has 0 saturated carbocycles. The van der Waals surface area contributed by atoms with E-state index < -0.39 is 41.8 Å². The summed E-state index contributed by atoms with van der Waals surface area (Å²) in [6.07, 6.45) is 3.07. The van der Waals surface area contributed by atoms with Gasteiger partial charge in [-0.2, -0.15) is 0 Å². The summed E-state index contributed by atoms with van der Waals surface area (Å²) in [5, 5.41) is 14.2. The van der Waals surface area contributed by atoms with Crippen LogP contribution in [0.4, 0.5) is 0 Å². The summed E-state index contributed by atoms with van der Waals surface area (Å²) in [7, 11) is 0. The van der Waals surface area contributed by atoms with E-state index in [0.29, 0.717) is 12.1 Å². The van der Waals surface area contributed by atoms with Crippen LogP contribution in [-0.4, -0.2) is 56.9 Å². The number of carbonyl (C=O) groups is 4. The minimum Gasteiger partial charge on any atom is -0.480 e. The molecule has 3 amide bonds. The van der Waals surface area contributed by atoms with Crippen LogP contribution in [-0.2, 0) is 25.6 Å². The van der Waals surface area contributed by atoms with E-state index in [-0.39, 0.29) is 18.8 Å². The highest BCUT2D eigenvalue weighted by atomic mass is 16.4. The fourth-order valence-corrected chi connectivity index (χ4v) is 2.35. The number of carbonyl (C=O) groups excluding carboxylic acids is 3. The van der Waals surface area contributed by atoms with Crippen molar-refractivity contribution in [1.82, 2.24) is 20.6 Å². The third-order valence-corrected chi connectivity index (χ3v) is 4.15. The van der Waals surface area contributed by atoms with Crippen LogP contribution < -0.4 is 22.1 Å². The lowest BCUT2D eigenvalue weighted by Gasteiger charge is -2.25. The molecule has 1 rings (SSSR count). The minimum absolute atomic E-state index is 0.0354. The van der Waals surface area contributed by atoms with E-state index in [1.54, 1.807) is 13.8 Å². The zero-order valence-corrected chi connectivity index (χ0v) is 15.3. The number of nitrogens with two attached hydrogens (primary N) is 2. The second-order valence-corrected chi connectivity index (χ2v) is 6.33. The van der Waals surface area contributed by atoms with E-state index in [1.807, 2.05) is 0 Å². The summed E-state index contributed by atoms with van der Waals surface area (Å²) >= 11 is 0. The summed E-state index contributed by atoms with van der Waals surface area (Å²) in [5.74, 6) is -3.67. The average Bonchev–Trinajstić information content (AvgIpc) is 3.10. The molecule has 0 spiro atoms. The Morgan fingerprint density at radius 3 is 2.41 bits per heavy atom. The van der Waals surface area contributed by atoms with Crippen molar-refractivity contribution in [1.29, 1.82) is 0 Å². The van der Waals surface area contributed by atoms with Gasteiger partial charge in [0.05, 0.1) is 18.8 Å². The van der Waals surface area contributed by atoms with Gasteiger partial charge < -0.3 is 32.2 Å². The Labute approximate surface area is 156 Å². The van der Waals surface area contributed by atoms with Gasteiger partial charge in [0.1, 0.15) is 12.1 Å². The molecule has 0 saturated heterocycles. The summed E-state index contributed by atoms with van der Waals surface area (Å²) in [4.78, 5) is 53.8. The van der Waals surface area contributed by atoms with Crippen LogP contribution in [0.2, 0.25) is 0 Å². The molecule has 0 bridgehead atoms. The van der Waals surface area contributed by atoms with Gasteiger partial charge in [0.25, 0.3) is 0 Å². The number of carboxylic acids is 1. The molecular formula is C16H26N6O5. The van der Waals surface area contributed by atoms with Crippen molar-refractivity contribution in [3.05, 3.63) is 18.2 Å². The largest absolute Gasteiger partial charge is 0.480 e. The molecule has 1 aromatic heterocycles. The van der Waals surface area contributed by atoms with Gasteiger partial charge in [0.2, 0.25) is 17.7 Å². The molecule has 0 aromatic carbocycles. The molecule has 1 heterocycles. The lowest BCUT2D eigenvalue weighted by atomic mass is 9.98. The lowest BCUT2D eigenvalue weighted by Crippen LogP contribution is -2.56. The quantitative estimate of drug-likeness (QED) is 0.261. The highest BCUT2D eigenvalue weighted by Gasteiger charge is 2.31. The summed E-state index contributed by atoms with van der Waals surface area (Å²) in [6.45, 7) is 3.50. The van der Waals surface area contributed by atoms with Crippen LogP contribution in [0.3, 0.4) is 0 Å². The van der Waals surface area contributed by atoms with Gasteiger partial charge in [-0.3, -0.25) is 14.4 Å². The Balaban J connectivity index is 2.92. The predicted octanol–water partition coefficient (Wildman–Crippen LogP) is -1.74. The number of hydrogen-bond acceptors (Lipinski definition) is 6. The molecule has 0 radical (unpaired) electrons. The number of amides is 3. The van der Waals surface area contributed by atoms with Gasteiger partial charge in [-0.25, -0.2) is 9.78 Å². The number of hydrogen-bond donors (Lipinski definition) is 6. The third kappa shape index (κ3) is 7.05. The number of H-pyrrole nitrogens is 1. The predicted molar refractivity (Wildman–Crippen MR) is 95.0 cm³/mol. The van der Waals surface area contributed by atoms with Gasteiger partial charge in [0, 0.05) is 18.3 Å². The van der Waals surface area contributed by atoms with Crippen LogP contribution in [0.15, 0.2) is 12.5 Å². The Morgan fingerprint density at radius 1 is 1.26 bits per heavy atom. The maximum atomic E-state index is 12.6. The van der Waals surface area contributed by atoms with Crippen LogP contribution in [0.1, 0.15) is 32.4 Å². The van der Waals surface area contributed by atoms with Crippen LogP contribution in [0.5, 0.6) is 0 Å². The fourth-order valence-electron chi connectivity index (χ4n) is 2.35. The number of rotatable bonds is 11. The second kappa shape index (κ2) is 10.3. The highest BCUT2D eigenvalue weighted by molar-refractivity contribution is 5.93. The van der Waals surface area contributed by atoms with E-state index in [0.717, 1.165) is 0 Å². The Kier molecular flexibility index (Phi) is 8.39. The maximum absolute atomic E-state index is 12.6. The van der Waals surface area contributed by atoms with Gasteiger partial charge in [-0.15, -0.1) is 0 Å². The number of aliphatic carboxylic acids is 1. The SMILES string of the molecule is CC[C@H](C)[C@H](NC(=O)[C@H](Cc1cnc[nH]1)NC(=O)[C@@H](N)CC(N)=O)C(=O)O. The number of nitrogens with one attached hydrogen (secondary N) is 3. The highest BCUT2D eigenvalue weighted by Crippen LogP contribution is 2.09. The van der Waals surface area contributed by atoms with Crippen LogP contribution in [0.25, 0.3) is 0 Å².